The van der Waals surface area contributed by atoms with E-state index in [4.69, 9.17) is 71.1 Å². The summed E-state index contributed by atoms with van der Waals surface area (Å²) < 4.78 is 94.0. The van der Waals surface area contributed by atoms with Gasteiger partial charge >= 0.3 is 47.8 Å². The zero-order valence-electron chi connectivity index (χ0n) is 53.9. The van der Waals surface area contributed by atoms with Gasteiger partial charge < -0.3 is 76.2 Å². The van der Waals surface area contributed by atoms with Gasteiger partial charge in [-0.15, -0.1) is 0 Å². The fraction of sp³-hybridized carbons (Fsp3) is 0.389. The van der Waals surface area contributed by atoms with Gasteiger partial charge in [-0.1, -0.05) is 182 Å². The molecule has 15 atom stereocenters. The Balaban J connectivity index is 1.11. The predicted octanol–water partition coefficient (Wildman–Crippen LogP) is 7.03. The highest BCUT2D eigenvalue weighted by molar-refractivity contribution is 5.70. The van der Waals surface area contributed by atoms with Crippen molar-refractivity contribution in [3.63, 3.8) is 0 Å². The Morgan fingerprint density at radius 3 is 0.844 bits per heavy atom. The Morgan fingerprint density at radius 1 is 0.302 bits per heavy atom. The van der Waals surface area contributed by atoms with Crippen molar-refractivity contribution in [2.45, 2.75) is 159 Å². The maximum Gasteiger partial charge on any atom is 0.303 e. The lowest BCUT2D eigenvalue weighted by Gasteiger charge is -2.49. The van der Waals surface area contributed by atoms with Gasteiger partial charge in [-0.25, -0.2) is 0 Å². The van der Waals surface area contributed by atoms with E-state index in [2.05, 4.69) is 0 Å². The highest BCUT2D eigenvalue weighted by Gasteiger charge is 2.59. The Kier molecular flexibility index (Phi) is 24.0. The van der Waals surface area contributed by atoms with E-state index in [1.54, 1.807) is 0 Å². The molecule has 24 nitrogen and oxygen atoms in total. The quantitative estimate of drug-likeness (QED) is 0.0342. The number of hydrogen-bond acceptors (Lipinski definition) is 24. The zero-order chi connectivity index (χ0) is 68.7. The van der Waals surface area contributed by atoms with E-state index < -0.39 is 171 Å². The molecule has 0 aromatic heterocycles. The highest BCUT2D eigenvalue weighted by atomic mass is 16.8. The van der Waals surface area contributed by atoms with E-state index in [1.807, 2.05) is 182 Å². The lowest BCUT2D eigenvalue weighted by atomic mass is 9.80. The Labute approximate surface area is 554 Å². The van der Waals surface area contributed by atoms with Crippen molar-refractivity contribution >= 4 is 47.8 Å². The molecule has 24 heteroatoms. The first-order valence-corrected chi connectivity index (χ1v) is 31.0. The standard InChI is InChI=1S/C72H76O24/c1-42(73)85-59-56(39-82-69-66(91-48(7)79)63(88-45(4)76)60(86-43(2)74)57(94-69)40-83-71(50-27-15-9-16-28-50,51-29-17-10-18-30-51)52-31-19-11-20-32-52)93-68(81)65(90-47(6)78)62(59)96-70-67(92-49(8)80)64(89-46(5)77)61(87-44(3)75)58(95-70)41-84-72(53-33-21-12-22-34-53,54-35-23-13-24-36-54)55-37-25-14-26-38-55/h9-38,56-70,81H,39-41H2,1-8H3/t56-,57-,58-,59-,60-,61-,62+,63+,64+,65+,66+,67+,68+,69+,70-/m1/s1. The molecule has 0 saturated carbocycles. The monoisotopic (exact) mass is 1320 g/mol. The second kappa shape index (κ2) is 32.5. The predicted molar refractivity (Wildman–Crippen MR) is 334 cm³/mol. The Hall–Kier alpha value is -9.24. The molecule has 0 amide bonds. The molecule has 3 saturated heterocycles. The summed E-state index contributed by atoms with van der Waals surface area (Å²) in [6, 6.07) is 55.3. The third kappa shape index (κ3) is 16.9. The van der Waals surface area contributed by atoms with Crippen molar-refractivity contribution in [3.8, 4) is 0 Å². The minimum atomic E-state index is -2.20. The third-order valence-electron chi connectivity index (χ3n) is 15.9. The summed E-state index contributed by atoms with van der Waals surface area (Å²) in [6.45, 7) is 6.64. The van der Waals surface area contributed by atoms with Gasteiger partial charge in [0.2, 0.25) is 0 Å². The van der Waals surface area contributed by atoms with Crippen LogP contribution in [-0.2, 0) is 121 Å². The van der Waals surface area contributed by atoms with Crippen LogP contribution in [-0.4, -0.2) is 165 Å². The molecule has 3 aliphatic heterocycles. The summed E-state index contributed by atoms with van der Waals surface area (Å²) in [5, 5.41) is 12.1. The average molecular weight is 1330 g/mol. The summed E-state index contributed by atoms with van der Waals surface area (Å²) in [7, 11) is 0. The van der Waals surface area contributed by atoms with E-state index in [0.29, 0.717) is 33.4 Å². The molecule has 3 fully saturated rings. The maximum absolute atomic E-state index is 13.5. The Bertz CT molecular complexity index is 3390. The second-order valence-electron chi connectivity index (χ2n) is 22.9. The maximum atomic E-state index is 13.5. The van der Waals surface area contributed by atoms with Crippen LogP contribution in [0.3, 0.4) is 0 Å². The van der Waals surface area contributed by atoms with Crippen LogP contribution in [0.2, 0.25) is 0 Å². The number of carbonyl (C=O) groups is 8. The molecule has 0 radical (unpaired) electrons. The number of aliphatic hydroxyl groups is 1. The van der Waals surface area contributed by atoms with Crippen LogP contribution in [0.1, 0.15) is 88.8 Å². The molecule has 0 spiro atoms. The largest absolute Gasteiger partial charge is 0.457 e. The fourth-order valence-electron chi connectivity index (χ4n) is 12.4. The SMILES string of the molecule is CC(=O)O[C@@H]1[C@H](OC(C)=O)[C@@H](OC[C@H]2O[C@H](O)[C@@H](OC(C)=O)[C@@H](O[C@H]3O[C@H](COC(c4ccccc4)(c4ccccc4)c4ccccc4)[C@@H](OC(C)=O)[C@H](OC(C)=O)[C@@H]3OC(C)=O)[C@@H]2OC(C)=O)O[C@H](COC(c2ccccc2)(c2ccccc2)c2ccccc2)[C@H]1OC(C)=O. The normalized spacial score (nSPS) is 25.7. The van der Waals surface area contributed by atoms with Crippen LogP contribution in [0.15, 0.2) is 182 Å². The van der Waals surface area contributed by atoms with Crippen molar-refractivity contribution in [1.82, 2.24) is 0 Å². The number of rotatable bonds is 25. The van der Waals surface area contributed by atoms with Gasteiger partial charge in [0, 0.05) is 55.4 Å². The van der Waals surface area contributed by atoms with Crippen LogP contribution in [0.5, 0.6) is 0 Å². The van der Waals surface area contributed by atoms with Gasteiger partial charge in [0.05, 0.1) is 19.8 Å². The zero-order valence-corrected chi connectivity index (χ0v) is 53.9. The second-order valence-corrected chi connectivity index (χ2v) is 22.9. The number of carbonyl (C=O) groups excluding carboxylic acids is 8. The van der Waals surface area contributed by atoms with Gasteiger partial charge in [0.15, 0.2) is 67.7 Å². The van der Waals surface area contributed by atoms with Crippen LogP contribution >= 0.6 is 0 Å². The fourth-order valence-corrected chi connectivity index (χ4v) is 12.4. The molecule has 0 aliphatic carbocycles. The minimum Gasteiger partial charge on any atom is -0.457 e. The highest BCUT2D eigenvalue weighted by Crippen LogP contribution is 2.45. The average Bonchev–Trinajstić information content (AvgIpc) is 0.765. The van der Waals surface area contributed by atoms with Crippen molar-refractivity contribution in [1.29, 1.82) is 0 Å². The molecular formula is C72H76O24. The van der Waals surface area contributed by atoms with Crippen LogP contribution in [0.4, 0.5) is 0 Å². The van der Waals surface area contributed by atoms with Gasteiger partial charge in [-0.2, -0.15) is 0 Å². The van der Waals surface area contributed by atoms with E-state index in [9.17, 15) is 43.5 Å². The number of ether oxygens (including phenoxy) is 15. The summed E-state index contributed by atoms with van der Waals surface area (Å²) in [6.07, 6.45) is -26.8. The van der Waals surface area contributed by atoms with Crippen molar-refractivity contribution in [3.05, 3.63) is 215 Å². The molecule has 0 bridgehead atoms. The lowest BCUT2D eigenvalue weighted by Crippen LogP contribution is -2.67. The van der Waals surface area contributed by atoms with E-state index in [0.717, 1.165) is 55.4 Å². The van der Waals surface area contributed by atoms with Gasteiger partial charge in [0.25, 0.3) is 0 Å². The summed E-state index contributed by atoms with van der Waals surface area (Å²) in [5.41, 5.74) is 1.08. The third-order valence-corrected chi connectivity index (χ3v) is 15.9. The molecule has 0 unspecified atom stereocenters. The van der Waals surface area contributed by atoms with Crippen molar-refractivity contribution < 1.29 is 115 Å². The first-order chi connectivity index (χ1) is 46.1. The van der Waals surface area contributed by atoms with Crippen LogP contribution in [0.25, 0.3) is 0 Å². The van der Waals surface area contributed by atoms with E-state index >= 15 is 0 Å². The summed E-state index contributed by atoms with van der Waals surface area (Å²) >= 11 is 0. The summed E-state index contributed by atoms with van der Waals surface area (Å²) in [4.78, 5) is 106. The molecule has 96 heavy (non-hydrogen) atoms. The number of aliphatic hydroxyl groups excluding tert-OH is 1. The topological polar surface area (TPSA) is 295 Å². The molecule has 3 heterocycles. The lowest BCUT2D eigenvalue weighted by molar-refractivity contribution is -0.364. The van der Waals surface area contributed by atoms with Crippen molar-refractivity contribution in [2.24, 2.45) is 0 Å². The summed E-state index contributed by atoms with van der Waals surface area (Å²) in [5.74, 6) is -7.52. The van der Waals surface area contributed by atoms with Crippen molar-refractivity contribution in [2.75, 3.05) is 19.8 Å². The molecule has 1 N–H and O–H groups in total. The number of hydrogen-bond donors (Lipinski definition) is 1. The molecule has 6 aromatic rings. The van der Waals surface area contributed by atoms with Gasteiger partial charge in [-0.3, -0.25) is 38.4 Å². The molecular weight excluding hydrogens is 1250 g/mol. The minimum absolute atomic E-state index is 0.467. The van der Waals surface area contributed by atoms with Gasteiger partial charge in [0.1, 0.15) is 35.6 Å². The first-order valence-electron chi connectivity index (χ1n) is 31.0. The number of benzene rings is 6. The first kappa shape index (κ1) is 71.1. The van der Waals surface area contributed by atoms with E-state index in [1.165, 1.54) is 0 Å². The Morgan fingerprint density at radius 2 is 0.542 bits per heavy atom. The van der Waals surface area contributed by atoms with Crippen LogP contribution in [0, 0.1) is 0 Å². The molecule has 508 valence electrons. The number of esters is 8. The molecule has 3 aliphatic rings. The molecule has 9 rings (SSSR count). The van der Waals surface area contributed by atoms with Gasteiger partial charge in [-0.05, 0) is 33.4 Å². The van der Waals surface area contributed by atoms with Crippen LogP contribution < -0.4 is 0 Å². The van der Waals surface area contributed by atoms with E-state index in [-0.39, 0.29) is 0 Å². The smallest absolute Gasteiger partial charge is 0.303 e. The molecule has 6 aromatic carbocycles.